The second-order valence-electron chi connectivity index (χ2n) is 3.61. The van der Waals surface area contributed by atoms with E-state index >= 15 is 0 Å². The zero-order valence-electron chi connectivity index (χ0n) is 8.66. The summed E-state index contributed by atoms with van der Waals surface area (Å²) in [6, 6.07) is 9.66. The van der Waals surface area contributed by atoms with Gasteiger partial charge in [-0.15, -0.1) is 0 Å². The maximum atomic E-state index is 11.0. The molecule has 4 heteroatoms. The first-order valence-corrected chi connectivity index (χ1v) is 5.00. The highest BCUT2D eigenvalue weighted by Gasteiger charge is 2.17. The third-order valence-electron chi connectivity index (χ3n) is 2.61. The molecule has 2 rings (SSSR count). The second kappa shape index (κ2) is 4.07. The van der Waals surface area contributed by atoms with Crippen molar-refractivity contribution in [3.05, 3.63) is 41.1 Å². The van der Waals surface area contributed by atoms with Crippen molar-refractivity contribution in [3.8, 4) is 6.07 Å². The van der Waals surface area contributed by atoms with Gasteiger partial charge in [-0.2, -0.15) is 5.26 Å². The topological polar surface area (TPSA) is 78.9 Å². The minimum Gasteiger partial charge on any atom is -0.365 e. The van der Waals surface area contributed by atoms with E-state index in [4.69, 9.17) is 11.0 Å². The van der Waals surface area contributed by atoms with Crippen LogP contribution in [-0.4, -0.2) is 5.91 Å². The molecule has 0 bridgehead atoms. The first-order valence-electron chi connectivity index (χ1n) is 5.00. The maximum absolute atomic E-state index is 11.0. The summed E-state index contributed by atoms with van der Waals surface area (Å²) in [7, 11) is 0. The molecule has 0 fully saturated rings. The summed E-state index contributed by atoms with van der Waals surface area (Å²) in [4.78, 5) is 11.0. The van der Waals surface area contributed by atoms with Crippen molar-refractivity contribution < 1.29 is 4.79 Å². The number of aryl methyl sites for hydroxylation is 1. The zero-order valence-corrected chi connectivity index (χ0v) is 8.66. The van der Waals surface area contributed by atoms with Crippen molar-refractivity contribution >= 4 is 11.6 Å². The van der Waals surface area contributed by atoms with E-state index in [2.05, 4.69) is 5.32 Å². The van der Waals surface area contributed by atoms with Crippen LogP contribution in [0.15, 0.2) is 35.5 Å². The first kappa shape index (κ1) is 10.2. The van der Waals surface area contributed by atoms with Gasteiger partial charge in [-0.1, -0.05) is 18.2 Å². The van der Waals surface area contributed by atoms with Crippen LogP contribution in [-0.2, 0) is 11.2 Å². The van der Waals surface area contributed by atoms with E-state index in [0.29, 0.717) is 12.1 Å². The number of carbonyl (C=O) groups is 1. The second-order valence-corrected chi connectivity index (χ2v) is 3.61. The summed E-state index contributed by atoms with van der Waals surface area (Å²) in [6.45, 7) is 0. The Bertz CT molecular complexity index is 511. The standard InChI is InChI=1S/C12H11N3O/c13-7-9(12(14)16)11-6-5-8-3-1-2-4-10(8)15-11/h1-4,15H,5-6H2,(H2,14,16)/b11-9+. The van der Waals surface area contributed by atoms with Gasteiger partial charge in [-0.05, 0) is 24.5 Å². The predicted octanol–water partition coefficient (Wildman–Crippen LogP) is 1.31. The van der Waals surface area contributed by atoms with E-state index in [1.807, 2.05) is 30.3 Å². The van der Waals surface area contributed by atoms with Gasteiger partial charge < -0.3 is 11.1 Å². The van der Waals surface area contributed by atoms with Crippen LogP contribution in [0, 0.1) is 11.3 Å². The van der Waals surface area contributed by atoms with E-state index in [0.717, 1.165) is 12.1 Å². The third-order valence-corrected chi connectivity index (χ3v) is 2.61. The SMILES string of the molecule is N#C/C(C(N)=O)=C1/CCc2ccccc2N1. The van der Waals surface area contributed by atoms with E-state index in [1.54, 1.807) is 0 Å². The number of nitrogens with two attached hydrogens (primary N) is 1. The van der Waals surface area contributed by atoms with Gasteiger partial charge in [0.2, 0.25) is 0 Å². The summed E-state index contributed by atoms with van der Waals surface area (Å²) >= 11 is 0. The summed E-state index contributed by atoms with van der Waals surface area (Å²) < 4.78 is 0. The number of benzene rings is 1. The molecular formula is C12H11N3O. The molecule has 4 nitrogen and oxygen atoms in total. The molecule has 0 unspecified atom stereocenters. The Morgan fingerprint density at radius 1 is 1.38 bits per heavy atom. The molecule has 1 aliphatic heterocycles. The van der Waals surface area contributed by atoms with Gasteiger partial charge in [0.05, 0.1) is 0 Å². The Hall–Kier alpha value is -2.28. The largest absolute Gasteiger partial charge is 0.365 e. The van der Waals surface area contributed by atoms with E-state index in [-0.39, 0.29) is 5.57 Å². The molecule has 0 atom stereocenters. The number of rotatable bonds is 1. The van der Waals surface area contributed by atoms with Crippen molar-refractivity contribution in [1.82, 2.24) is 0 Å². The molecule has 0 saturated carbocycles. The number of carbonyl (C=O) groups excluding carboxylic acids is 1. The number of allylic oxidation sites excluding steroid dienone is 1. The van der Waals surface area contributed by atoms with Gasteiger partial charge in [0.1, 0.15) is 11.6 Å². The van der Waals surface area contributed by atoms with Crippen LogP contribution in [0.5, 0.6) is 0 Å². The molecule has 0 aromatic heterocycles. The Morgan fingerprint density at radius 3 is 2.81 bits per heavy atom. The lowest BCUT2D eigenvalue weighted by molar-refractivity contribution is -0.114. The van der Waals surface area contributed by atoms with Crippen LogP contribution in [0.4, 0.5) is 5.69 Å². The summed E-state index contributed by atoms with van der Waals surface area (Å²) in [5.74, 6) is -0.676. The lowest BCUT2D eigenvalue weighted by Crippen LogP contribution is -2.20. The van der Waals surface area contributed by atoms with E-state index < -0.39 is 5.91 Å². The maximum Gasteiger partial charge on any atom is 0.261 e. The third kappa shape index (κ3) is 1.75. The number of amides is 1. The van der Waals surface area contributed by atoms with Gasteiger partial charge in [0.25, 0.3) is 5.91 Å². The van der Waals surface area contributed by atoms with Gasteiger partial charge in [0, 0.05) is 11.4 Å². The molecule has 1 heterocycles. The molecule has 0 aliphatic carbocycles. The monoisotopic (exact) mass is 213 g/mol. The van der Waals surface area contributed by atoms with Crippen LogP contribution in [0.1, 0.15) is 12.0 Å². The summed E-state index contributed by atoms with van der Waals surface area (Å²) in [6.07, 6.45) is 1.46. The van der Waals surface area contributed by atoms with E-state index in [1.165, 1.54) is 5.56 Å². The van der Waals surface area contributed by atoms with Gasteiger partial charge >= 0.3 is 0 Å². The van der Waals surface area contributed by atoms with Gasteiger partial charge in [0.15, 0.2) is 0 Å². The van der Waals surface area contributed by atoms with Crippen molar-refractivity contribution in [3.63, 3.8) is 0 Å². The van der Waals surface area contributed by atoms with Crippen LogP contribution < -0.4 is 11.1 Å². The number of nitrogens with zero attached hydrogens (tertiary/aromatic N) is 1. The van der Waals surface area contributed by atoms with Crippen LogP contribution in [0.2, 0.25) is 0 Å². The number of anilines is 1. The highest BCUT2D eigenvalue weighted by molar-refractivity contribution is 5.97. The quantitative estimate of drug-likeness (QED) is 0.545. The first-order chi connectivity index (χ1) is 7.72. The van der Waals surface area contributed by atoms with Crippen molar-refractivity contribution in [1.29, 1.82) is 5.26 Å². The van der Waals surface area contributed by atoms with Crippen LogP contribution in [0.25, 0.3) is 0 Å². The molecule has 1 amide bonds. The molecule has 80 valence electrons. The average molecular weight is 213 g/mol. The molecule has 0 spiro atoms. The average Bonchev–Trinajstić information content (AvgIpc) is 2.29. The number of fused-ring (bicyclic) bond motifs is 1. The predicted molar refractivity (Wildman–Crippen MR) is 60.2 cm³/mol. The Morgan fingerprint density at radius 2 is 2.12 bits per heavy atom. The number of hydrogen-bond acceptors (Lipinski definition) is 3. The summed E-state index contributed by atoms with van der Waals surface area (Å²) in [5.41, 5.74) is 7.91. The smallest absolute Gasteiger partial charge is 0.261 e. The van der Waals surface area contributed by atoms with Crippen LogP contribution >= 0.6 is 0 Å². The fourth-order valence-electron chi connectivity index (χ4n) is 1.80. The number of nitrogens with one attached hydrogen (secondary N) is 1. The molecule has 3 N–H and O–H groups in total. The van der Waals surface area contributed by atoms with Crippen LogP contribution in [0.3, 0.4) is 0 Å². The zero-order chi connectivity index (χ0) is 11.5. The minimum absolute atomic E-state index is 0.0227. The molecule has 1 aliphatic rings. The highest BCUT2D eigenvalue weighted by Crippen LogP contribution is 2.27. The number of para-hydroxylation sites is 1. The van der Waals surface area contributed by atoms with Crippen molar-refractivity contribution in [2.24, 2.45) is 5.73 Å². The van der Waals surface area contributed by atoms with Gasteiger partial charge in [-0.25, -0.2) is 0 Å². The summed E-state index contributed by atoms with van der Waals surface area (Å²) in [5, 5.41) is 11.9. The Kier molecular flexibility index (Phi) is 2.61. The number of hydrogen-bond donors (Lipinski definition) is 2. The highest BCUT2D eigenvalue weighted by atomic mass is 16.1. The molecule has 1 aromatic carbocycles. The number of primary amides is 1. The molecular weight excluding hydrogens is 202 g/mol. The lowest BCUT2D eigenvalue weighted by atomic mass is 9.99. The fraction of sp³-hybridized carbons (Fsp3) is 0.167. The fourth-order valence-corrected chi connectivity index (χ4v) is 1.80. The van der Waals surface area contributed by atoms with Gasteiger partial charge in [-0.3, -0.25) is 4.79 Å². The molecule has 16 heavy (non-hydrogen) atoms. The Labute approximate surface area is 93.4 Å². The minimum atomic E-state index is -0.676. The Balaban J connectivity index is 2.39. The van der Waals surface area contributed by atoms with E-state index in [9.17, 15) is 4.79 Å². The normalized spacial score (nSPS) is 16.7. The van der Waals surface area contributed by atoms with Crippen molar-refractivity contribution in [2.45, 2.75) is 12.8 Å². The lowest BCUT2D eigenvalue weighted by Gasteiger charge is -2.21. The molecule has 1 aromatic rings. The molecule has 0 radical (unpaired) electrons. The number of nitriles is 1. The van der Waals surface area contributed by atoms with Crippen molar-refractivity contribution in [2.75, 3.05) is 5.32 Å². The molecule has 0 saturated heterocycles.